The molecule has 0 spiro atoms. The molecule has 3 aromatic rings. The third-order valence-electron chi connectivity index (χ3n) is 6.26. The van der Waals surface area contributed by atoms with E-state index in [1.807, 2.05) is 42.5 Å². The molecule has 0 bridgehead atoms. The molecule has 0 aliphatic heterocycles. The van der Waals surface area contributed by atoms with E-state index in [4.69, 9.17) is 11.6 Å². The van der Waals surface area contributed by atoms with Crippen LogP contribution in [0.2, 0.25) is 0 Å². The number of allylic oxidation sites excluding steroid dienone is 5. The highest BCUT2D eigenvalue weighted by Gasteiger charge is 2.17. The van der Waals surface area contributed by atoms with E-state index in [-0.39, 0.29) is 30.0 Å². The van der Waals surface area contributed by atoms with Gasteiger partial charge in [-0.25, -0.2) is 0 Å². The smallest absolute Gasteiger partial charge is 0.272 e. The molecule has 4 rings (SSSR count). The Morgan fingerprint density at radius 2 is 1.55 bits per heavy atom. The second kappa shape index (κ2) is 14.6. The lowest BCUT2D eigenvalue weighted by molar-refractivity contribution is -0.121. The first-order valence-corrected chi connectivity index (χ1v) is 14.8. The topological polar surface area (TPSA) is 87.3 Å². The van der Waals surface area contributed by atoms with Gasteiger partial charge in [-0.15, -0.1) is 0 Å². The second-order valence-electron chi connectivity index (χ2n) is 9.25. The van der Waals surface area contributed by atoms with Crippen LogP contribution in [0.1, 0.15) is 40.4 Å². The van der Waals surface area contributed by atoms with Crippen molar-refractivity contribution in [1.29, 1.82) is 0 Å². The van der Waals surface area contributed by atoms with Gasteiger partial charge >= 0.3 is 0 Å². The van der Waals surface area contributed by atoms with Gasteiger partial charge in [-0.05, 0) is 66.0 Å². The molecule has 1 unspecified atom stereocenters. The van der Waals surface area contributed by atoms with Crippen molar-refractivity contribution in [2.75, 3.05) is 9.74 Å². The zero-order valence-electron chi connectivity index (χ0n) is 21.7. The van der Waals surface area contributed by atoms with Crippen molar-refractivity contribution in [2.24, 2.45) is 0 Å². The second-order valence-corrected chi connectivity index (χ2v) is 10.6. The summed E-state index contributed by atoms with van der Waals surface area (Å²) in [7, 11) is 0. The molecule has 0 aromatic heterocycles. The lowest BCUT2D eigenvalue weighted by Gasteiger charge is -2.17. The number of hydrogen-bond donors (Lipinski definition) is 3. The number of carbonyl (C=O) groups is 3. The summed E-state index contributed by atoms with van der Waals surface area (Å²) in [5.74, 6) is -0.913. The van der Waals surface area contributed by atoms with Crippen molar-refractivity contribution in [1.82, 2.24) is 10.6 Å². The van der Waals surface area contributed by atoms with Gasteiger partial charge in [-0.1, -0.05) is 101 Å². The van der Waals surface area contributed by atoms with Gasteiger partial charge in [-0.2, -0.15) is 0 Å². The molecule has 3 aromatic carbocycles. The van der Waals surface area contributed by atoms with Gasteiger partial charge in [0.2, 0.25) is 5.91 Å². The van der Waals surface area contributed by atoms with Crippen LogP contribution < -0.4 is 16.0 Å². The van der Waals surface area contributed by atoms with Crippen LogP contribution >= 0.6 is 34.2 Å². The van der Waals surface area contributed by atoms with Crippen molar-refractivity contribution in [3.8, 4) is 0 Å². The molecule has 0 saturated heterocycles. The lowest BCUT2D eigenvalue weighted by atomic mass is 10.0. The highest BCUT2D eigenvalue weighted by molar-refractivity contribution is 14.1. The molecule has 3 amide bonds. The highest BCUT2D eigenvalue weighted by atomic mass is 127. The Balaban J connectivity index is 1.42. The molecule has 8 heteroatoms. The van der Waals surface area contributed by atoms with E-state index < -0.39 is 5.91 Å². The molecular weight excluding hydrogens is 637 g/mol. The zero-order valence-corrected chi connectivity index (χ0v) is 24.6. The first kappa shape index (κ1) is 29.3. The molecule has 0 saturated carbocycles. The minimum Gasteiger partial charge on any atom is -0.348 e. The molecule has 1 atom stereocenters. The van der Waals surface area contributed by atoms with Gasteiger partial charge in [0.1, 0.15) is 5.70 Å². The fourth-order valence-electron chi connectivity index (χ4n) is 4.11. The molecule has 1 aliphatic rings. The zero-order chi connectivity index (χ0) is 28.3. The van der Waals surface area contributed by atoms with Crippen molar-refractivity contribution in [2.45, 2.75) is 25.3 Å². The van der Waals surface area contributed by atoms with Crippen LogP contribution in [0.15, 0.2) is 119 Å². The molecule has 6 nitrogen and oxygen atoms in total. The largest absolute Gasteiger partial charge is 0.348 e. The molecule has 0 heterocycles. The maximum absolute atomic E-state index is 13.2. The Kier molecular flexibility index (Phi) is 10.7. The van der Waals surface area contributed by atoms with E-state index in [1.54, 1.807) is 60.7 Å². The number of benzene rings is 3. The minimum absolute atomic E-state index is 0.0602. The lowest BCUT2D eigenvalue weighted by Crippen LogP contribution is -2.31. The Hall–Kier alpha value is -3.69. The number of carbonyl (C=O) groups excluding carboxylic acids is 3. The summed E-state index contributed by atoms with van der Waals surface area (Å²) in [6.07, 6.45) is 6.86. The van der Waals surface area contributed by atoms with Gasteiger partial charge < -0.3 is 16.0 Å². The molecule has 0 fully saturated rings. The van der Waals surface area contributed by atoms with E-state index in [1.165, 1.54) is 0 Å². The average Bonchev–Trinajstić information content (AvgIpc) is 2.98. The third-order valence-corrected chi connectivity index (χ3v) is 7.45. The van der Waals surface area contributed by atoms with Gasteiger partial charge in [0.25, 0.3) is 11.8 Å². The molecule has 40 heavy (non-hydrogen) atoms. The monoisotopic (exact) mass is 665 g/mol. The summed E-state index contributed by atoms with van der Waals surface area (Å²) < 4.78 is 0.759. The Morgan fingerprint density at radius 1 is 0.875 bits per heavy atom. The van der Waals surface area contributed by atoms with Crippen LogP contribution in [0.3, 0.4) is 0 Å². The summed E-state index contributed by atoms with van der Waals surface area (Å²) in [6, 6.07) is 25.6. The van der Waals surface area contributed by atoms with Crippen LogP contribution in [0.5, 0.6) is 0 Å². The first-order valence-electron chi connectivity index (χ1n) is 12.8. The molecular formula is C32H29ClIN3O3. The number of anilines is 1. The normalized spacial score (nSPS) is 13.9. The van der Waals surface area contributed by atoms with E-state index in [0.717, 1.165) is 26.2 Å². The Morgan fingerprint density at radius 3 is 2.17 bits per heavy atom. The van der Waals surface area contributed by atoms with Crippen LogP contribution in [0.4, 0.5) is 5.69 Å². The number of hydrogen-bond acceptors (Lipinski definition) is 3. The molecule has 3 N–H and O–H groups in total. The fourth-order valence-corrected chi connectivity index (χ4v) is 4.99. The molecule has 204 valence electrons. The van der Waals surface area contributed by atoms with Gasteiger partial charge in [0.15, 0.2) is 0 Å². The molecule has 0 radical (unpaired) electrons. The van der Waals surface area contributed by atoms with E-state index in [0.29, 0.717) is 24.1 Å². The predicted octanol–water partition coefficient (Wildman–Crippen LogP) is 6.62. The van der Waals surface area contributed by atoms with E-state index in [2.05, 4.69) is 38.5 Å². The van der Waals surface area contributed by atoms with Crippen LogP contribution in [0.25, 0.3) is 0 Å². The minimum atomic E-state index is -0.455. The number of nitrogens with one attached hydrogen (secondary N) is 3. The van der Waals surface area contributed by atoms with Gasteiger partial charge in [-0.3, -0.25) is 14.4 Å². The van der Waals surface area contributed by atoms with Crippen LogP contribution in [-0.4, -0.2) is 22.1 Å². The number of rotatable bonds is 10. The summed E-state index contributed by atoms with van der Waals surface area (Å²) in [5.41, 5.74) is 3.88. The van der Waals surface area contributed by atoms with E-state index >= 15 is 0 Å². The van der Waals surface area contributed by atoms with Crippen molar-refractivity contribution in [3.05, 3.63) is 136 Å². The van der Waals surface area contributed by atoms with Crippen molar-refractivity contribution >= 4 is 57.6 Å². The summed E-state index contributed by atoms with van der Waals surface area (Å²) in [5, 5.41) is 9.43. The van der Waals surface area contributed by atoms with Gasteiger partial charge in [0, 0.05) is 20.7 Å². The van der Waals surface area contributed by atoms with Crippen molar-refractivity contribution in [3.63, 3.8) is 0 Å². The number of amides is 3. The maximum atomic E-state index is 13.2. The Bertz CT molecular complexity index is 1440. The maximum Gasteiger partial charge on any atom is 0.272 e. The van der Waals surface area contributed by atoms with Crippen LogP contribution in [-0.2, 0) is 16.0 Å². The fraction of sp³-hybridized carbons (Fsp3) is 0.156. The standard InChI is InChI=1S/C32H29ClIN3O3/c33-26-15-11-22(12-16-26)19-28(37-31(39)25-9-5-2-6-10-25)32(40)35-27-17-13-23(14-18-27)20-30(38)36-29(21-34)24-7-3-1-4-8-24/h1-11,13-15,17-19,29H,12,16,20-21H2,(H,35,40)(H,36,38)(H,37,39)/b28-19-. The summed E-state index contributed by atoms with van der Waals surface area (Å²) >= 11 is 8.35. The number of alkyl halides is 1. The predicted molar refractivity (Wildman–Crippen MR) is 168 cm³/mol. The Labute approximate surface area is 252 Å². The molecule has 1 aliphatic carbocycles. The quantitative estimate of drug-likeness (QED) is 0.129. The van der Waals surface area contributed by atoms with E-state index in [9.17, 15) is 14.4 Å². The van der Waals surface area contributed by atoms with Gasteiger partial charge in [0.05, 0.1) is 12.5 Å². The third kappa shape index (κ3) is 8.66. The highest BCUT2D eigenvalue weighted by Crippen LogP contribution is 2.23. The first-order chi connectivity index (χ1) is 19.4. The van der Waals surface area contributed by atoms with Crippen molar-refractivity contribution < 1.29 is 14.4 Å². The summed E-state index contributed by atoms with van der Waals surface area (Å²) in [6.45, 7) is 0. The average molecular weight is 666 g/mol. The SMILES string of the molecule is O=C(Cc1ccc(NC(=O)/C(=C/C2=CC=C(Cl)CC2)NC(=O)c2ccccc2)cc1)NC(CI)c1ccccc1. The number of halogens is 2. The van der Waals surface area contributed by atoms with Crippen LogP contribution in [0, 0.1) is 0 Å². The summed E-state index contributed by atoms with van der Waals surface area (Å²) in [4.78, 5) is 38.7.